The lowest BCUT2D eigenvalue weighted by molar-refractivity contribution is -0.123. The summed E-state index contributed by atoms with van der Waals surface area (Å²) in [6.45, 7) is 1.72. The lowest BCUT2D eigenvalue weighted by Gasteiger charge is -2.29. The highest BCUT2D eigenvalue weighted by molar-refractivity contribution is 5.97. The molecule has 0 bridgehead atoms. The van der Waals surface area contributed by atoms with E-state index in [4.69, 9.17) is 5.73 Å². The normalized spacial score (nSPS) is 15.6. The fourth-order valence-corrected chi connectivity index (χ4v) is 2.69. The molecule has 0 spiro atoms. The molecule has 24 heavy (non-hydrogen) atoms. The summed E-state index contributed by atoms with van der Waals surface area (Å²) in [7, 11) is 0. The number of nitrogens with zero attached hydrogens (tertiary/aromatic N) is 2. The van der Waals surface area contributed by atoms with E-state index in [1.807, 2.05) is 41.3 Å². The molecule has 1 saturated heterocycles. The quantitative estimate of drug-likeness (QED) is 0.600. The SMILES string of the molecule is N#CC(=CN1CCC(C(N)=O)CC1)C(=O)NCCc1ccccc1. The van der Waals surface area contributed by atoms with Crippen molar-refractivity contribution < 1.29 is 9.59 Å². The van der Waals surface area contributed by atoms with Crippen LogP contribution in [0.5, 0.6) is 0 Å². The van der Waals surface area contributed by atoms with Crippen molar-refractivity contribution in [1.82, 2.24) is 10.2 Å². The van der Waals surface area contributed by atoms with Crippen LogP contribution in [0.2, 0.25) is 0 Å². The second-order valence-electron chi connectivity index (χ2n) is 5.86. The minimum atomic E-state index is -0.370. The molecule has 2 amide bonds. The Morgan fingerprint density at radius 1 is 1.29 bits per heavy atom. The Balaban J connectivity index is 1.83. The van der Waals surface area contributed by atoms with Crippen LogP contribution in [0.4, 0.5) is 0 Å². The molecule has 1 aliphatic heterocycles. The maximum Gasteiger partial charge on any atom is 0.263 e. The first-order valence-electron chi connectivity index (χ1n) is 8.07. The van der Waals surface area contributed by atoms with Gasteiger partial charge in [0.1, 0.15) is 11.6 Å². The highest BCUT2D eigenvalue weighted by atomic mass is 16.2. The first kappa shape index (κ1) is 17.5. The maximum absolute atomic E-state index is 12.1. The van der Waals surface area contributed by atoms with Crippen molar-refractivity contribution in [3.63, 3.8) is 0 Å². The van der Waals surface area contributed by atoms with Crippen LogP contribution in [0, 0.1) is 17.2 Å². The fourth-order valence-electron chi connectivity index (χ4n) is 2.69. The summed E-state index contributed by atoms with van der Waals surface area (Å²) in [5.41, 5.74) is 6.52. The highest BCUT2D eigenvalue weighted by Crippen LogP contribution is 2.17. The average molecular weight is 326 g/mol. The van der Waals surface area contributed by atoms with Gasteiger partial charge in [0.25, 0.3) is 5.91 Å². The molecule has 3 N–H and O–H groups in total. The molecular weight excluding hydrogens is 304 g/mol. The largest absolute Gasteiger partial charge is 0.376 e. The second kappa shape index (κ2) is 8.73. The molecule has 0 aromatic heterocycles. The molecule has 1 aromatic rings. The molecule has 0 unspecified atom stereocenters. The first-order valence-corrected chi connectivity index (χ1v) is 8.07. The van der Waals surface area contributed by atoms with Crippen molar-refractivity contribution in [3.05, 3.63) is 47.7 Å². The standard InChI is InChI=1S/C18H22N4O2/c19-12-16(13-22-10-7-15(8-11-22)17(20)23)18(24)21-9-6-14-4-2-1-3-5-14/h1-5,13,15H,6-11H2,(H2,20,23)(H,21,24). The summed E-state index contributed by atoms with van der Waals surface area (Å²) in [5, 5.41) is 12.0. The van der Waals surface area contributed by atoms with Gasteiger partial charge < -0.3 is 16.0 Å². The Morgan fingerprint density at radius 3 is 2.54 bits per heavy atom. The number of carbonyl (C=O) groups excluding carboxylic acids is 2. The summed E-state index contributed by atoms with van der Waals surface area (Å²) < 4.78 is 0. The van der Waals surface area contributed by atoms with Crippen LogP contribution in [-0.2, 0) is 16.0 Å². The van der Waals surface area contributed by atoms with Gasteiger partial charge in [-0.25, -0.2) is 0 Å². The van der Waals surface area contributed by atoms with Gasteiger partial charge in [-0.1, -0.05) is 30.3 Å². The number of hydrogen-bond donors (Lipinski definition) is 2. The van der Waals surface area contributed by atoms with E-state index in [2.05, 4.69) is 5.32 Å². The first-order chi connectivity index (χ1) is 11.6. The van der Waals surface area contributed by atoms with E-state index in [0.717, 1.165) is 12.0 Å². The highest BCUT2D eigenvalue weighted by Gasteiger charge is 2.22. The molecule has 0 aliphatic carbocycles. The molecule has 0 saturated carbocycles. The predicted molar refractivity (Wildman–Crippen MR) is 90.3 cm³/mol. The van der Waals surface area contributed by atoms with Crippen LogP contribution in [0.25, 0.3) is 0 Å². The van der Waals surface area contributed by atoms with E-state index in [1.165, 1.54) is 0 Å². The van der Waals surface area contributed by atoms with Crippen LogP contribution in [-0.4, -0.2) is 36.3 Å². The molecular formula is C18H22N4O2. The smallest absolute Gasteiger partial charge is 0.263 e. The van der Waals surface area contributed by atoms with Gasteiger partial charge in [-0.05, 0) is 24.8 Å². The van der Waals surface area contributed by atoms with Crippen LogP contribution in [0.15, 0.2) is 42.1 Å². The van der Waals surface area contributed by atoms with Crippen molar-refractivity contribution in [2.75, 3.05) is 19.6 Å². The monoisotopic (exact) mass is 326 g/mol. The molecule has 1 fully saturated rings. The van der Waals surface area contributed by atoms with Gasteiger partial charge in [-0.3, -0.25) is 9.59 Å². The van der Waals surface area contributed by atoms with Crippen molar-refractivity contribution in [1.29, 1.82) is 5.26 Å². The number of nitrogens with two attached hydrogens (primary N) is 1. The lowest BCUT2D eigenvalue weighted by atomic mass is 9.96. The van der Waals surface area contributed by atoms with Crippen LogP contribution >= 0.6 is 0 Å². The Kier molecular flexibility index (Phi) is 6.38. The summed E-state index contributed by atoms with van der Waals surface area (Å²) >= 11 is 0. The van der Waals surface area contributed by atoms with E-state index in [-0.39, 0.29) is 23.3 Å². The topological polar surface area (TPSA) is 99.2 Å². The number of rotatable bonds is 6. The van der Waals surface area contributed by atoms with Gasteiger partial charge in [0, 0.05) is 31.8 Å². The summed E-state index contributed by atoms with van der Waals surface area (Å²) in [4.78, 5) is 25.2. The third-order valence-electron chi connectivity index (χ3n) is 4.15. The number of primary amides is 1. The molecule has 0 atom stereocenters. The van der Waals surface area contributed by atoms with Gasteiger partial charge in [0.15, 0.2) is 0 Å². The van der Waals surface area contributed by atoms with Crippen LogP contribution < -0.4 is 11.1 Å². The number of carbonyl (C=O) groups is 2. The number of amides is 2. The van der Waals surface area contributed by atoms with E-state index in [9.17, 15) is 14.9 Å². The minimum absolute atomic E-state index is 0.0839. The molecule has 6 nitrogen and oxygen atoms in total. The molecule has 2 rings (SSSR count). The zero-order valence-electron chi connectivity index (χ0n) is 13.6. The Morgan fingerprint density at radius 2 is 1.96 bits per heavy atom. The zero-order chi connectivity index (χ0) is 17.4. The van der Waals surface area contributed by atoms with Gasteiger partial charge in [0.2, 0.25) is 5.91 Å². The van der Waals surface area contributed by atoms with Gasteiger partial charge in [0.05, 0.1) is 0 Å². The number of piperidine rings is 1. The third-order valence-corrected chi connectivity index (χ3v) is 4.15. The Hall–Kier alpha value is -2.81. The number of benzene rings is 1. The van der Waals surface area contributed by atoms with E-state index in [1.54, 1.807) is 6.20 Å². The van der Waals surface area contributed by atoms with E-state index < -0.39 is 0 Å². The van der Waals surface area contributed by atoms with E-state index >= 15 is 0 Å². The van der Waals surface area contributed by atoms with Crippen molar-refractivity contribution in [3.8, 4) is 6.07 Å². The molecule has 1 aliphatic rings. The number of likely N-dealkylation sites (tertiary alicyclic amines) is 1. The van der Waals surface area contributed by atoms with Gasteiger partial charge in [-0.15, -0.1) is 0 Å². The van der Waals surface area contributed by atoms with Crippen molar-refractivity contribution in [2.45, 2.75) is 19.3 Å². The molecule has 1 heterocycles. The zero-order valence-corrected chi connectivity index (χ0v) is 13.6. The fraction of sp³-hybridized carbons (Fsp3) is 0.389. The number of hydrogen-bond acceptors (Lipinski definition) is 4. The Bertz CT molecular complexity index is 641. The lowest BCUT2D eigenvalue weighted by Crippen LogP contribution is -2.36. The van der Waals surface area contributed by atoms with Gasteiger partial charge >= 0.3 is 0 Å². The predicted octanol–water partition coefficient (Wildman–Crippen LogP) is 0.950. The van der Waals surface area contributed by atoms with Crippen molar-refractivity contribution >= 4 is 11.8 Å². The van der Waals surface area contributed by atoms with E-state index in [0.29, 0.717) is 32.5 Å². The average Bonchev–Trinajstić information content (AvgIpc) is 2.60. The maximum atomic E-state index is 12.1. The summed E-state index contributed by atoms with van der Waals surface area (Å²) in [6.07, 6.45) is 3.60. The third kappa shape index (κ3) is 5.13. The molecule has 1 aromatic carbocycles. The molecule has 6 heteroatoms. The summed E-state index contributed by atoms with van der Waals surface area (Å²) in [6, 6.07) is 11.8. The van der Waals surface area contributed by atoms with Crippen LogP contribution in [0.3, 0.4) is 0 Å². The Labute approximate surface area is 141 Å². The van der Waals surface area contributed by atoms with Crippen LogP contribution in [0.1, 0.15) is 18.4 Å². The van der Waals surface area contributed by atoms with Gasteiger partial charge in [-0.2, -0.15) is 5.26 Å². The number of nitriles is 1. The number of nitrogens with one attached hydrogen (secondary N) is 1. The second-order valence-corrected chi connectivity index (χ2v) is 5.86. The molecule has 126 valence electrons. The minimum Gasteiger partial charge on any atom is -0.376 e. The van der Waals surface area contributed by atoms with Crippen molar-refractivity contribution in [2.24, 2.45) is 11.7 Å². The summed E-state index contributed by atoms with van der Waals surface area (Å²) in [5.74, 6) is -0.761. The molecule has 0 radical (unpaired) electrons.